The average Bonchev–Trinajstić information content (AvgIpc) is 2.08. The number of carbonyl (C=O) groups excluding carboxylic acids is 1. The summed E-state index contributed by atoms with van der Waals surface area (Å²) in [4.78, 5) is 15.2. The third kappa shape index (κ3) is 7.43. The van der Waals surface area contributed by atoms with Gasteiger partial charge in [0.05, 0.1) is 0 Å². The summed E-state index contributed by atoms with van der Waals surface area (Å²) in [7, 11) is 0. The molecule has 0 heterocycles. The monoisotopic (exact) mass is 227 g/mol. The number of ether oxygens (including phenoxy) is 1. The van der Waals surface area contributed by atoms with Crippen LogP contribution in [0.3, 0.4) is 0 Å². The molecule has 0 rings (SSSR count). The van der Waals surface area contributed by atoms with Crippen LogP contribution in [0.2, 0.25) is 0 Å². The highest BCUT2D eigenvalue weighted by molar-refractivity contribution is 5.80. The molecule has 0 aromatic heterocycles. The molecule has 0 aliphatic carbocycles. The number of rotatable bonds is 4. The van der Waals surface area contributed by atoms with E-state index in [0.717, 1.165) is 12.8 Å². The summed E-state index contributed by atoms with van der Waals surface area (Å²) in [6, 6.07) is 0. The minimum atomic E-state index is -0.491. The van der Waals surface area contributed by atoms with Crippen LogP contribution in [0.5, 0.6) is 0 Å². The predicted molar refractivity (Wildman–Crippen MR) is 68.0 cm³/mol. The lowest BCUT2D eigenvalue weighted by molar-refractivity contribution is 0.0604. The van der Waals surface area contributed by atoms with Crippen molar-refractivity contribution in [2.45, 2.75) is 60.0 Å². The first-order valence-electron chi connectivity index (χ1n) is 6.03. The molecular weight excluding hydrogens is 202 g/mol. The maximum Gasteiger partial charge on any atom is 0.433 e. The Bertz CT molecular complexity index is 239. The van der Waals surface area contributed by atoms with E-state index in [1.54, 1.807) is 6.21 Å². The molecule has 1 unspecified atom stereocenters. The molecule has 0 radical (unpaired) electrons. The van der Waals surface area contributed by atoms with Crippen molar-refractivity contribution in [3.63, 3.8) is 0 Å². The SMILES string of the molecule is CCCC(/C=N/C(=O)OC(C)(C)C)C(C)C. The highest BCUT2D eigenvalue weighted by Crippen LogP contribution is 2.15. The van der Waals surface area contributed by atoms with Gasteiger partial charge in [0.15, 0.2) is 0 Å². The Hall–Kier alpha value is -0.860. The summed E-state index contributed by atoms with van der Waals surface area (Å²) in [5.74, 6) is 0.864. The summed E-state index contributed by atoms with van der Waals surface area (Å²) >= 11 is 0. The fraction of sp³-hybridized carbons (Fsp3) is 0.846. The molecule has 0 fully saturated rings. The molecule has 0 saturated heterocycles. The van der Waals surface area contributed by atoms with Gasteiger partial charge in [-0.3, -0.25) is 0 Å². The van der Waals surface area contributed by atoms with Crippen LogP contribution in [-0.4, -0.2) is 17.9 Å². The molecule has 16 heavy (non-hydrogen) atoms. The van der Waals surface area contributed by atoms with Gasteiger partial charge in [-0.05, 0) is 39.0 Å². The van der Waals surface area contributed by atoms with Crippen LogP contribution in [0.4, 0.5) is 4.79 Å². The van der Waals surface area contributed by atoms with E-state index in [1.807, 2.05) is 20.8 Å². The van der Waals surface area contributed by atoms with Crippen molar-refractivity contribution in [2.75, 3.05) is 0 Å². The number of hydrogen-bond acceptors (Lipinski definition) is 2. The van der Waals surface area contributed by atoms with Crippen molar-refractivity contribution in [1.82, 2.24) is 0 Å². The van der Waals surface area contributed by atoms with E-state index in [0.29, 0.717) is 11.8 Å². The number of aliphatic imine (C=N–C) groups is 1. The fourth-order valence-electron chi connectivity index (χ4n) is 1.36. The first-order valence-corrected chi connectivity index (χ1v) is 6.03. The van der Waals surface area contributed by atoms with Gasteiger partial charge in [0.1, 0.15) is 5.60 Å². The zero-order valence-corrected chi connectivity index (χ0v) is 11.4. The van der Waals surface area contributed by atoms with Crippen LogP contribution in [0.25, 0.3) is 0 Å². The molecule has 0 N–H and O–H groups in total. The van der Waals surface area contributed by atoms with Gasteiger partial charge in [0.2, 0.25) is 0 Å². The zero-order valence-electron chi connectivity index (χ0n) is 11.4. The number of carbonyl (C=O) groups is 1. The smallest absolute Gasteiger partial charge is 0.433 e. The highest BCUT2D eigenvalue weighted by Gasteiger charge is 2.16. The van der Waals surface area contributed by atoms with Crippen molar-refractivity contribution in [1.29, 1.82) is 0 Å². The second-order valence-corrected chi connectivity index (χ2v) is 5.46. The van der Waals surface area contributed by atoms with Gasteiger partial charge in [0, 0.05) is 6.21 Å². The van der Waals surface area contributed by atoms with Gasteiger partial charge >= 0.3 is 6.09 Å². The molecular formula is C13H25NO2. The summed E-state index contributed by atoms with van der Waals surface area (Å²) in [6.07, 6.45) is 3.41. The molecule has 1 amide bonds. The molecule has 3 nitrogen and oxygen atoms in total. The largest absolute Gasteiger partial charge is 0.442 e. The third-order valence-corrected chi connectivity index (χ3v) is 2.24. The summed E-state index contributed by atoms with van der Waals surface area (Å²) in [6.45, 7) is 11.9. The van der Waals surface area contributed by atoms with Crippen molar-refractivity contribution in [3.05, 3.63) is 0 Å². The zero-order chi connectivity index (χ0) is 12.8. The van der Waals surface area contributed by atoms with Crippen LogP contribution in [0.15, 0.2) is 4.99 Å². The number of amides is 1. The van der Waals surface area contributed by atoms with Crippen LogP contribution >= 0.6 is 0 Å². The van der Waals surface area contributed by atoms with Crippen LogP contribution in [-0.2, 0) is 4.74 Å². The van der Waals surface area contributed by atoms with E-state index in [2.05, 4.69) is 25.8 Å². The summed E-state index contributed by atoms with van der Waals surface area (Å²) < 4.78 is 5.11. The van der Waals surface area contributed by atoms with Crippen molar-refractivity contribution < 1.29 is 9.53 Å². The van der Waals surface area contributed by atoms with E-state index < -0.39 is 11.7 Å². The first-order chi connectivity index (χ1) is 7.26. The Kier molecular flexibility index (Phi) is 6.31. The lowest BCUT2D eigenvalue weighted by Crippen LogP contribution is -2.22. The van der Waals surface area contributed by atoms with Crippen LogP contribution < -0.4 is 0 Å². The molecule has 1 atom stereocenters. The molecule has 0 aromatic carbocycles. The number of nitrogens with zero attached hydrogens (tertiary/aromatic N) is 1. The van der Waals surface area contributed by atoms with Crippen molar-refractivity contribution >= 4 is 12.3 Å². The van der Waals surface area contributed by atoms with Crippen molar-refractivity contribution in [3.8, 4) is 0 Å². The van der Waals surface area contributed by atoms with E-state index in [1.165, 1.54) is 0 Å². The van der Waals surface area contributed by atoms with E-state index in [-0.39, 0.29) is 0 Å². The third-order valence-electron chi connectivity index (χ3n) is 2.24. The van der Waals surface area contributed by atoms with Crippen LogP contribution in [0.1, 0.15) is 54.4 Å². The standard InChI is InChI=1S/C13H25NO2/c1-7-8-11(10(2)3)9-14-12(15)16-13(4,5)6/h9-11H,7-8H2,1-6H3/b14-9+. The lowest BCUT2D eigenvalue weighted by Gasteiger charge is -2.18. The Morgan fingerprint density at radius 1 is 1.38 bits per heavy atom. The predicted octanol–water partition coefficient (Wildman–Crippen LogP) is 4.06. The van der Waals surface area contributed by atoms with E-state index >= 15 is 0 Å². The molecule has 0 aromatic rings. The minimum Gasteiger partial charge on any atom is -0.442 e. The van der Waals surface area contributed by atoms with Gasteiger partial charge in [-0.15, -0.1) is 0 Å². The molecule has 0 saturated carbocycles. The Labute approximate surface area is 99.3 Å². The highest BCUT2D eigenvalue weighted by atomic mass is 16.6. The molecule has 0 spiro atoms. The number of hydrogen-bond donors (Lipinski definition) is 0. The van der Waals surface area contributed by atoms with Crippen LogP contribution in [0, 0.1) is 11.8 Å². The van der Waals surface area contributed by atoms with Gasteiger partial charge < -0.3 is 4.74 Å². The van der Waals surface area contributed by atoms with Gasteiger partial charge in [-0.2, -0.15) is 4.99 Å². The molecule has 0 bridgehead atoms. The maximum absolute atomic E-state index is 11.4. The van der Waals surface area contributed by atoms with Gasteiger partial charge in [0.25, 0.3) is 0 Å². The van der Waals surface area contributed by atoms with Gasteiger partial charge in [-0.1, -0.05) is 27.2 Å². The van der Waals surface area contributed by atoms with E-state index in [4.69, 9.17) is 4.74 Å². The fourth-order valence-corrected chi connectivity index (χ4v) is 1.36. The Balaban J connectivity index is 4.28. The lowest BCUT2D eigenvalue weighted by atomic mass is 9.93. The summed E-state index contributed by atoms with van der Waals surface area (Å²) in [5, 5.41) is 0. The molecule has 94 valence electrons. The quantitative estimate of drug-likeness (QED) is 0.679. The summed E-state index contributed by atoms with van der Waals surface area (Å²) in [5.41, 5.74) is -0.466. The first kappa shape index (κ1) is 15.1. The molecule has 0 aliphatic rings. The second kappa shape index (κ2) is 6.66. The van der Waals surface area contributed by atoms with Gasteiger partial charge in [-0.25, -0.2) is 4.79 Å². The molecule has 0 aliphatic heterocycles. The van der Waals surface area contributed by atoms with Crippen molar-refractivity contribution in [2.24, 2.45) is 16.8 Å². The van der Waals surface area contributed by atoms with E-state index in [9.17, 15) is 4.79 Å². The average molecular weight is 227 g/mol. The topological polar surface area (TPSA) is 38.7 Å². The second-order valence-electron chi connectivity index (χ2n) is 5.46. The Morgan fingerprint density at radius 3 is 2.31 bits per heavy atom. The maximum atomic E-state index is 11.4. The minimum absolute atomic E-state index is 0.359. The molecule has 3 heteroatoms. The Morgan fingerprint density at radius 2 is 1.94 bits per heavy atom. The normalized spacial score (nSPS) is 14.4.